The van der Waals surface area contributed by atoms with E-state index in [1.54, 1.807) is 12.1 Å². The lowest BCUT2D eigenvalue weighted by Gasteiger charge is -2.19. The van der Waals surface area contributed by atoms with Crippen LogP contribution in [0.25, 0.3) is 0 Å². The number of halogens is 2. The van der Waals surface area contributed by atoms with E-state index in [9.17, 15) is 18.0 Å². The van der Waals surface area contributed by atoms with E-state index < -0.39 is 20.3 Å². The molecule has 1 aliphatic rings. The molecule has 0 saturated carbocycles. The molecular formula is C12H11BrClNO5S. The van der Waals surface area contributed by atoms with Gasteiger partial charge in [0.25, 0.3) is 0 Å². The Labute approximate surface area is 134 Å². The zero-order chi connectivity index (χ0) is 15.8. The van der Waals surface area contributed by atoms with E-state index in [0.29, 0.717) is 10.2 Å². The molecular weight excluding hydrogens is 386 g/mol. The molecule has 6 nitrogen and oxygen atoms in total. The molecule has 1 saturated heterocycles. The molecule has 0 aliphatic carbocycles. The van der Waals surface area contributed by atoms with Crippen LogP contribution in [-0.4, -0.2) is 39.2 Å². The Morgan fingerprint density at radius 1 is 1.48 bits per heavy atom. The molecule has 114 valence electrons. The van der Waals surface area contributed by atoms with Gasteiger partial charge in [-0.1, -0.05) is 6.07 Å². The molecule has 1 fully saturated rings. The highest BCUT2D eigenvalue weighted by molar-refractivity contribution is 9.10. The highest BCUT2D eigenvalue weighted by Crippen LogP contribution is 2.34. The number of rotatable bonds is 3. The minimum absolute atomic E-state index is 0.0477. The van der Waals surface area contributed by atoms with Gasteiger partial charge in [-0.2, -0.15) is 0 Å². The summed E-state index contributed by atoms with van der Waals surface area (Å²) >= 11 is 3.25. The number of amides is 1. The number of carbonyl (C=O) groups is 2. The average Bonchev–Trinajstić information content (AvgIpc) is 2.80. The Morgan fingerprint density at radius 3 is 2.67 bits per heavy atom. The van der Waals surface area contributed by atoms with Gasteiger partial charge in [-0.15, -0.1) is 0 Å². The van der Waals surface area contributed by atoms with Crippen molar-refractivity contribution in [3.8, 4) is 0 Å². The second kappa shape index (κ2) is 5.94. The second-order valence-electron chi connectivity index (χ2n) is 4.44. The SMILES string of the molecule is COC(=O)c1cccc(N2CC(S(=O)(=O)Cl)CC2=O)c1Br. The number of ether oxygens (including phenoxy) is 1. The van der Waals surface area contributed by atoms with Crippen LogP contribution in [0, 0.1) is 0 Å². The van der Waals surface area contributed by atoms with Crippen LogP contribution in [0.15, 0.2) is 22.7 Å². The molecule has 1 unspecified atom stereocenters. The van der Waals surface area contributed by atoms with Crippen molar-refractivity contribution in [1.29, 1.82) is 0 Å². The number of methoxy groups -OCH3 is 1. The molecule has 1 atom stereocenters. The van der Waals surface area contributed by atoms with Crippen LogP contribution in [0.3, 0.4) is 0 Å². The van der Waals surface area contributed by atoms with Gasteiger partial charge in [0.15, 0.2) is 0 Å². The van der Waals surface area contributed by atoms with Gasteiger partial charge in [0.1, 0.15) is 5.25 Å². The summed E-state index contributed by atoms with van der Waals surface area (Å²) in [5.41, 5.74) is 0.658. The predicted molar refractivity (Wildman–Crippen MR) is 81.0 cm³/mol. The van der Waals surface area contributed by atoms with Crippen molar-refractivity contribution in [2.45, 2.75) is 11.7 Å². The summed E-state index contributed by atoms with van der Waals surface area (Å²) < 4.78 is 27.7. The maximum Gasteiger partial charge on any atom is 0.339 e. The summed E-state index contributed by atoms with van der Waals surface area (Å²) in [7, 11) is 2.74. The van der Waals surface area contributed by atoms with E-state index in [1.165, 1.54) is 18.1 Å². The van der Waals surface area contributed by atoms with Crippen molar-refractivity contribution in [1.82, 2.24) is 0 Å². The second-order valence-corrected chi connectivity index (χ2v) is 8.14. The fourth-order valence-corrected chi connectivity index (χ4v) is 3.76. The van der Waals surface area contributed by atoms with Crippen molar-refractivity contribution >= 4 is 53.2 Å². The fourth-order valence-electron chi connectivity index (χ4n) is 2.09. The van der Waals surface area contributed by atoms with Crippen molar-refractivity contribution in [2.24, 2.45) is 0 Å². The van der Waals surface area contributed by atoms with Gasteiger partial charge in [0.05, 0.1) is 22.8 Å². The van der Waals surface area contributed by atoms with Gasteiger partial charge in [-0.25, -0.2) is 13.2 Å². The highest BCUT2D eigenvalue weighted by atomic mass is 79.9. The summed E-state index contributed by atoms with van der Waals surface area (Å²) in [6.45, 7) is -0.0477. The van der Waals surface area contributed by atoms with Crippen LogP contribution in [0.2, 0.25) is 0 Å². The number of hydrogen-bond acceptors (Lipinski definition) is 5. The van der Waals surface area contributed by atoms with E-state index in [-0.39, 0.29) is 24.4 Å². The van der Waals surface area contributed by atoms with E-state index >= 15 is 0 Å². The zero-order valence-electron chi connectivity index (χ0n) is 10.9. The first-order valence-corrected chi connectivity index (χ1v) is 9.03. The van der Waals surface area contributed by atoms with E-state index in [0.717, 1.165) is 0 Å². The summed E-state index contributed by atoms with van der Waals surface area (Å²) in [6.07, 6.45) is -0.180. The Morgan fingerprint density at radius 2 is 2.14 bits per heavy atom. The van der Waals surface area contributed by atoms with Crippen LogP contribution in [0.4, 0.5) is 5.69 Å². The number of esters is 1. The van der Waals surface area contributed by atoms with Crippen molar-refractivity contribution in [2.75, 3.05) is 18.6 Å². The largest absolute Gasteiger partial charge is 0.465 e. The molecule has 1 aromatic rings. The molecule has 0 spiro atoms. The third kappa shape index (κ3) is 3.22. The zero-order valence-corrected chi connectivity index (χ0v) is 14.0. The molecule has 2 rings (SSSR count). The van der Waals surface area contributed by atoms with Gasteiger partial charge in [-0.05, 0) is 28.1 Å². The summed E-state index contributed by atoms with van der Waals surface area (Å²) in [4.78, 5) is 24.9. The highest BCUT2D eigenvalue weighted by Gasteiger charge is 2.38. The van der Waals surface area contributed by atoms with Crippen LogP contribution >= 0.6 is 26.6 Å². The van der Waals surface area contributed by atoms with E-state index in [1.807, 2.05) is 0 Å². The third-order valence-electron chi connectivity index (χ3n) is 3.16. The first-order chi connectivity index (χ1) is 9.75. The van der Waals surface area contributed by atoms with Gasteiger partial charge in [0, 0.05) is 23.6 Å². The predicted octanol–water partition coefficient (Wildman–Crippen LogP) is 1.91. The summed E-state index contributed by atoms with van der Waals surface area (Å²) in [5.74, 6) is -0.927. The number of carbonyl (C=O) groups excluding carboxylic acids is 2. The third-order valence-corrected chi connectivity index (χ3v) is 5.86. The van der Waals surface area contributed by atoms with Crippen LogP contribution in [0.1, 0.15) is 16.8 Å². The molecule has 0 radical (unpaired) electrons. The lowest BCUT2D eigenvalue weighted by molar-refractivity contribution is -0.117. The summed E-state index contributed by atoms with van der Waals surface area (Å²) in [6, 6.07) is 4.73. The maximum atomic E-state index is 12.0. The molecule has 21 heavy (non-hydrogen) atoms. The molecule has 0 N–H and O–H groups in total. The molecule has 1 amide bonds. The van der Waals surface area contributed by atoms with Gasteiger partial charge >= 0.3 is 5.97 Å². The van der Waals surface area contributed by atoms with Crippen LogP contribution < -0.4 is 4.90 Å². The van der Waals surface area contributed by atoms with E-state index in [4.69, 9.17) is 10.7 Å². The Bertz CT molecular complexity index is 706. The molecule has 1 aromatic carbocycles. The molecule has 1 heterocycles. The standard InChI is InChI=1S/C12H11BrClNO5S/c1-20-12(17)8-3-2-4-9(11(8)13)15-6-7(5-10(15)16)21(14,18)19/h2-4,7H,5-6H2,1H3. The van der Waals surface area contributed by atoms with E-state index in [2.05, 4.69) is 20.7 Å². The first kappa shape index (κ1) is 16.3. The normalized spacial score (nSPS) is 18.9. The Balaban J connectivity index is 2.40. The van der Waals surface area contributed by atoms with Crippen molar-refractivity contribution in [3.63, 3.8) is 0 Å². The fraction of sp³-hybridized carbons (Fsp3) is 0.333. The quantitative estimate of drug-likeness (QED) is 0.576. The number of benzene rings is 1. The van der Waals surface area contributed by atoms with Crippen molar-refractivity contribution < 1.29 is 22.7 Å². The lowest BCUT2D eigenvalue weighted by Crippen LogP contribution is -2.27. The molecule has 9 heteroatoms. The Hall–Kier alpha value is -1.12. The maximum absolute atomic E-state index is 12.0. The topological polar surface area (TPSA) is 80.8 Å². The van der Waals surface area contributed by atoms with Crippen LogP contribution in [0.5, 0.6) is 0 Å². The summed E-state index contributed by atoms with van der Waals surface area (Å²) in [5, 5.41) is -0.958. The lowest BCUT2D eigenvalue weighted by atomic mass is 10.2. The minimum atomic E-state index is -3.82. The number of nitrogens with zero attached hydrogens (tertiary/aromatic N) is 1. The van der Waals surface area contributed by atoms with Gasteiger partial charge in [-0.3, -0.25) is 4.79 Å². The first-order valence-electron chi connectivity index (χ1n) is 5.86. The smallest absolute Gasteiger partial charge is 0.339 e. The molecule has 1 aliphatic heterocycles. The number of hydrogen-bond donors (Lipinski definition) is 0. The Kier molecular flexibility index (Phi) is 4.60. The van der Waals surface area contributed by atoms with Gasteiger partial charge in [0.2, 0.25) is 15.0 Å². The molecule has 0 aromatic heterocycles. The van der Waals surface area contributed by atoms with Crippen LogP contribution in [-0.2, 0) is 18.6 Å². The average molecular weight is 397 g/mol. The number of anilines is 1. The van der Waals surface area contributed by atoms with Gasteiger partial charge < -0.3 is 9.64 Å². The van der Waals surface area contributed by atoms with Crippen molar-refractivity contribution in [3.05, 3.63) is 28.2 Å². The monoisotopic (exact) mass is 395 g/mol. The minimum Gasteiger partial charge on any atom is -0.465 e. The molecule has 0 bridgehead atoms.